The number of carbonyl (C=O) groups is 1. The molecular weight excluding hydrogens is 340 g/mol. The summed E-state index contributed by atoms with van der Waals surface area (Å²) < 4.78 is 26.0. The van der Waals surface area contributed by atoms with Gasteiger partial charge in [-0.25, -0.2) is 13.2 Å². The van der Waals surface area contributed by atoms with Crippen LogP contribution < -0.4 is 10.2 Å². The number of hydrogen-bond acceptors (Lipinski definition) is 7. The smallest absolute Gasteiger partial charge is 0.323 e. The Bertz CT molecular complexity index is 777. The van der Waals surface area contributed by atoms with Gasteiger partial charge in [-0.15, -0.1) is 10.2 Å². The van der Waals surface area contributed by atoms with Crippen LogP contribution in [-0.2, 0) is 16.6 Å². The summed E-state index contributed by atoms with van der Waals surface area (Å²) in [4.78, 5) is 16.7. The van der Waals surface area contributed by atoms with Crippen LogP contribution in [0.3, 0.4) is 0 Å². The second-order valence-electron chi connectivity index (χ2n) is 4.59. The quantitative estimate of drug-likeness (QED) is 0.783. The van der Waals surface area contributed by atoms with E-state index in [1.54, 1.807) is 24.5 Å². The molecule has 0 aliphatic rings. The van der Waals surface area contributed by atoms with Gasteiger partial charge >= 0.3 is 6.03 Å². The van der Waals surface area contributed by atoms with E-state index in [1.807, 2.05) is 0 Å². The van der Waals surface area contributed by atoms with E-state index in [1.165, 1.54) is 26.0 Å². The summed E-state index contributed by atoms with van der Waals surface area (Å²) in [7, 11) is 0.613. The summed E-state index contributed by atoms with van der Waals surface area (Å²) in [6.45, 7) is 0.163. The zero-order valence-electron chi connectivity index (χ0n) is 12.8. The third-order valence-electron chi connectivity index (χ3n) is 2.96. The van der Waals surface area contributed by atoms with Crippen LogP contribution in [0.2, 0.25) is 0 Å². The van der Waals surface area contributed by atoms with Gasteiger partial charge < -0.3 is 5.32 Å². The number of sulfonamides is 1. The third kappa shape index (κ3) is 3.81. The van der Waals surface area contributed by atoms with Crippen molar-refractivity contribution in [3.8, 4) is 0 Å². The minimum atomic E-state index is -3.79. The second kappa shape index (κ2) is 6.98. The minimum Gasteiger partial charge on any atom is -0.341 e. The van der Waals surface area contributed by atoms with Gasteiger partial charge in [0.25, 0.3) is 10.0 Å². The van der Waals surface area contributed by atoms with Gasteiger partial charge in [0.15, 0.2) is 0 Å². The summed E-state index contributed by atoms with van der Waals surface area (Å²) in [5.74, 6) is 0. The molecule has 0 aromatic carbocycles. The van der Waals surface area contributed by atoms with Gasteiger partial charge in [0.1, 0.15) is 0 Å². The van der Waals surface area contributed by atoms with Gasteiger partial charge in [0.2, 0.25) is 9.47 Å². The van der Waals surface area contributed by atoms with E-state index in [2.05, 4.69) is 20.5 Å². The van der Waals surface area contributed by atoms with Crippen molar-refractivity contribution in [3.63, 3.8) is 0 Å². The first-order valence-corrected chi connectivity index (χ1v) is 8.76. The SMILES string of the molecule is CNC(=O)N(C)c1nnc(S(=O)(=O)N(C)Cc2cccnc2)s1. The number of aromatic nitrogens is 3. The van der Waals surface area contributed by atoms with Crippen LogP contribution in [0.5, 0.6) is 0 Å². The van der Waals surface area contributed by atoms with Gasteiger partial charge in [-0.2, -0.15) is 4.31 Å². The van der Waals surface area contributed by atoms with Crippen LogP contribution >= 0.6 is 11.3 Å². The lowest BCUT2D eigenvalue weighted by atomic mass is 10.3. The maximum absolute atomic E-state index is 12.5. The molecule has 11 heteroatoms. The van der Waals surface area contributed by atoms with Gasteiger partial charge in [-0.05, 0) is 11.6 Å². The van der Waals surface area contributed by atoms with Crippen molar-refractivity contribution in [2.75, 3.05) is 26.0 Å². The Labute approximate surface area is 138 Å². The number of anilines is 1. The first-order chi connectivity index (χ1) is 10.9. The predicted molar refractivity (Wildman–Crippen MR) is 85.7 cm³/mol. The van der Waals surface area contributed by atoms with Gasteiger partial charge in [-0.1, -0.05) is 17.4 Å². The number of carbonyl (C=O) groups excluding carboxylic acids is 1. The van der Waals surface area contributed by atoms with Crippen molar-refractivity contribution >= 4 is 32.5 Å². The summed E-state index contributed by atoms with van der Waals surface area (Å²) >= 11 is 0.828. The fraction of sp³-hybridized carbons (Fsp3) is 0.333. The molecule has 0 aliphatic heterocycles. The molecule has 0 saturated heterocycles. The van der Waals surface area contributed by atoms with E-state index in [-0.39, 0.29) is 16.0 Å². The Balaban J connectivity index is 2.19. The zero-order valence-corrected chi connectivity index (χ0v) is 14.4. The molecule has 2 rings (SSSR count). The Kier molecular flexibility index (Phi) is 5.23. The number of pyridine rings is 1. The second-order valence-corrected chi connectivity index (χ2v) is 7.76. The number of nitrogens with one attached hydrogen (secondary N) is 1. The summed E-state index contributed by atoms with van der Waals surface area (Å²) in [6, 6.07) is 3.11. The number of urea groups is 1. The third-order valence-corrected chi connectivity index (χ3v) is 6.11. The Hall–Kier alpha value is -2.11. The molecule has 0 saturated carbocycles. The molecule has 0 radical (unpaired) electrons. The highest BCUT2D eigenvalue weighted by atomic mass is 32.2. The lowest BCUT2D eigenvalue weighted by Crippen LogP contribution is -2.34. The molecular formula is C12H16N6O3S2. The van der Waals surface area contributed by atoms with Crippen LogP contribution in [0.1, 0.15) is 5.56 Å². The number of hydrogen-bond donors (Lipinski definition) is 1. The number of nitrogens with zero attached hydrogens (tertiary/aromatic N) is 5. The molecule has 23 heavy (non-hydrogen) atoms. The molecule has 2 aromatic rings. The van der Waals surface area contributed by atoms with Crippen molar-refractivity contribution in [1.29, 1.82) is 0 Å². The molecule has 9 nitrogen and oxygen atoms in total. The van der Waals surface area contributed by atoms with Gasteiger partial charge in [-0.3, -0.25) is 9.88 Å². The normalized spacial score (nSPS) is 11.5. The van der Waals surface area contributed by atoms with Crippen LogP contribution in [0, 0.1) is 0 Å². The fourth-order valence-corrected chi connectivity index (χ4v) is 3.96. The fourth-order valence-electron chi connectivity index (χ4n) is 1.66. The van der Waals surface area contributed by atoms with Crippen LogP contribution in [0.15, 0.2) is 28.9 Å². The van der Waals surface area contributed by atoms with Crippen LogP contribution in [0.4, 0.5) is 9.93 Å². The van der Waals surface area contributed by atoms with Crippen molar-refractivity contribution < 1.29 is 13.2 Å². The first-order valence-electron chi connectivity index (χ1n) is 6.50. The highest BCUT2D eigenvalue weighted by Crippen LogP contribution is 2.25. The molecule has 0 fully saturated rings. The zero-order chi connectivity index (χ0) is 17.0. The Morgan fingerprint density at radius 1 is 1.35 bits per heavy atom. The number of amides is 2. The maximum Gasteiger partial charge on any atom is 0.323 e. The molecule has 1 N–H and O–H groups in total. The molecule has 0 bridgehead atoms. The minimum absolute atomic E-state index is 0.163. The largest absolute Gasteiger partial charge is 0.341 e. The van der Waals surface area contributed by atoms with E-state index in [0.717, 1.165) is 21.2 Å². The van der Waals surface area contributed by atoms with Crippen molar-refractivity contribution in [2.45, 2.75) is 10.9 Å². The summed E-state index contributed by atoms with van der Waals surface area (Å²) in [5.41, 5.74) is 0.755. The number of rotatable bonds is 5. The van der Waals surface area contributed by atoms with E-state index < -0.39 is 16.1 Å². The van der Waals surface area contributed by atoms with Crippen molar-refractivity contribution in [1.82, 2.24) is 24.8 Å². The lowest BCUT2D eigenvalue weighted by Gasteiger charge is -2.14. The highest BCUT2D eigenvalue weighted by Gasteiger charge is 2.27. The van der Waals surface area contributed by atoms with E-state index in [9.17, 15) is 13.2 Å². The monoisotopic (exact) mass is 356 g/mol. The first kappa shape index (κ1) is 17.2. The summed E-state index contributed by atoms with van der Waals surface area (Å²) in [5, 5.41) is 10.1. The van der Waals surface area contributed by atoms with Crippen molar-refractivity contribution in [3.05, 3.63) is 30.1 Å². The highest BCUT2D eigenvalue weighted by molar-refractivity contribution is 7.91. The topological polar surface area (TPSA) is 108 Å². The maximum atomic E-state index is 12.5. The predicted octanol–water partition coefficient (Wildman–Crippen LogP) is 0.529. The van der Waals surface area contributed by atoms with Crippen molar-refractivity contribution in [2.24, 2.45) is 0 Å². The molecule has 0 unspecified atom stereocenters. The Morgan fingerprint density at radius 2 is 2.09 bits per heavy atom. The van der Waals surface area contributed by atoms with E-state index >= 15 is 0 Å². The lowest BCUT2D eigenvalue weighted by molar-refractivity contribution is 0.249. The molecule has 2 amide bonds. The van der Waals surface area contributed by atoms with Gasteiger partial charge in [0, 0.05) is 40.1 Å². The average molecular weight is 356 g/mol. The molecule has 0 atom stereocenters. The molecule has 0 aliphatic carbocycles. The van der Waals surface area contributed by atoms with E-state index in [4.69, 9.17) is 0 Å². The summed E-state index contributed by atoms with van der Waals surface area (Å²) in [6.07, 6.45) is 3.21. The van der Waals surface area contributed by atoms with Gasteiger partial charge in [0.05, 0.1) is 0 Å². The molecule has 124 valence electrons. The standard InChI is InChI=1S/C12H16N6O3S2/c1-13-10(19)18(3)11-15-16-12(22-11)23(20,21)17(2)8-9-5-4-6-14-7-9/h4-7H,8H2,1-3H3,(H,13,19). The molecule has 2 heterocycles. The van der Waals surface area contributed by atoms with Crippen LogP contribution in [-0.4, -0.2) is 55.1 Å². The molecule has 0 spiro atoms. The average Bonchev–Trinajstić information content (AvgIpc) is 3.05. The Morgan fingerprint density at radius 3 is 2.70 bits per heavy atom. The van der Waals surface area contributed by atoms with Crippen LogP contribution in [0.25, 0.3) is 0 Å². The molecule has 2 aromatic heterocycles. The van der Waals surface area contributed by atoms with E-state index in [0.29, 0.717) is 0 Å².